The summed E-state index contributed by atoms with van der Waals surface area (Å²) in [4.78, 5) is 16.6. The minimum atomic E-state index is 0.486. The molecule has 3 rings (SSSR count). The van der Waals surface area contributed by atoms with E-state index in [1.807, 2.05) is 13.1 Å². The Morgan fingerprint density at radius 1 is 1.11 bits per heavy atom. The van der Waals surface area contributed by atoms with Crippen LogP contribution in [0.3, 0.4) is 0 Å². The third-order valence-corrected chi connectivity index (χ3v) is 3.38. The quantitative estimate of drug-likeness (QED) is 0.841. The summed E-state index contributed by atoms with van der Waals surface area (Å²) in [5.41, 5.74) is 3.03. The van der Waals surface area contributed by atoms with Crippen molar-refractivity contribution in [3.05, 3.63) is 30.0 Å². The zero-order valence-corrected chi connectivity index (χ0v) is 10.5. The van der Waals surface area contributed by atoms with Gasteiger partial charge in [0.05, 0.1) is 5.69 Å². The predicted octanol–water partition coefficient (Wildman–Crippen LogP) is 1.64. The fourth-order valence-electron chi connectivity index (χ4n) is 2.46. The van der Waals surface area contributed by atoms with Crippen molar-refractivity contribution in [1.82, 2.24) is 25.3 Å². The lowest BCUT2D eigenvalue weighted by Gasteiger charge is -2.23. The molecule has 0 unspecified atom stereocenters. The molecule has 0 amide bonds. The third kappa shape index (κ3) is 2.13. The van der Waals surface area contributed by atoms with Crippen molar-refractivity contribution >= 4 is 0 Å². The largest absolute Gasteiger partial charge is 0.341 e. The van der Waals surface area contributed by atoms with E-state index in [1.54, 1.807) is 12.4 Å². The van der Waals surface area contributed by atoms with Crippen LogP contribution in [0.15, 0.2) is 18.6 Å². The van der Waals surface area contributed by atoms with E-state index >= 15 is 0 Å². The van der Waals surface area contributed by atoms with Crippen molar-refractivity contribution in [2.24, 2.45) is 0 Å². The van der Waals surface area contributed by atoms with Crippen LogP contribution in [-0.2, 0) is 0 Å². The molecule has 0 radical (unpaired) electrons. The highest BCUT2D eigenvalue weighted by Gasteiger charge is 2.21. The second kappa shape index (κ2) is 4.86. The van der Waals surface area contributed by atoms with Gasteiger partial charge >= 0.3 is 0 Å². The van der Waals surface area contributed by atoms with E-state index in [-0.39, 0.29) is 0 Å². The van der Waals surface area contributed by atoms with Gasteiger partial charge in [0.15, 0.2) is 5.82 Å². The fourth-order valence-corrected chi connectivity index (χ4v) is 2.46. The molecule has 0 bridgehead atoms. The van der Waals surface area contributed by atoms with E-state index in [2.05, 4.69) is 25.3 Å². The number of piperidine rings is 1. The summed E-state index contributed by atoms with van der Waals surface area (Å²) < 4.78 is 0. The molecule has 1 saturated heterocycles. The SMILES string of the molecule is Cc1cnc(-c2nccnc2C2CCNCC2)[nH]1. The molecular weight excluding hydrogens is 226 g/mol. The Labute approximate surface area is 106 Å². The Balaban J connectivity index is 1.99. The van der Waals surface area contributed by atoms with Gasteiger partial charge in [-0.25, -0.2) is 9.97 Å². The average molecular weight is 243 g/mol. The van der Waals surface area contributed by atoms with Crippen LogP contribution in [0.1, 0.15) is 30.1 Å². The number of aryl methyl sites for hydroxylation is 1. The summed E-state index contributed by atoms with van der Waals surface area (Å²) in [5, 5.41) is 3.38. The van der Waals surface area contributed by atoms with Gasteiger partial charge in [0.25, 0.3) is 0 Å². The van der Waals surface area contributed by atoms with Crippen molar-refractivity contribution in [3.63, 3.8) is 0 Å². The molecule has 5 nitrogen and oxygen atoms in total. The van der Waals surface area contributed by atoms with E-state index in [0.29, 0.717) is 5.92 Å². The number of aromatic nitrogens is 4. The molecule has 94 valence electrons. The molecule has 18 heavy (non-hydrogen) atoms. The van der Waals surface area contributed by atoms with Crippen LogP contribution in [-0.4, -0.2) is 33.0 Å². The van der Waals surface area contributed by atoms with E-state index in [1.165, 1.54) is 0 Å². The van der Waals surface area contributed by atoms with Gasteiger partial charge in [0.1, 0.15) is 5.69 Å². The van der Waals surface area contributed by atoms with Crippen molar-refractivity contribution in [3.8, 4) is 11.5 Å². The lowest BCUT2D eigenvalue weighted by atomic mass is 9.93. The Hall–Kier alpha value is -1.75. The standard InChI is InChI=1S/C13H17N5/c1-9-8-17-13(18-9)12-11(15-6-7-16-12)10-2-4-14-5-3-10/h6-8,10,14H,2-5H2,1H3,(H,17,18). The number of imidazole rings is 1. The normalized spacial score (nSPS) is 16.9. The number of nitrogens with one attached hydrogen (secondary N) is 2. The van der Waals surface area contributed by atoms with Gasteiger partial charge in [0.2, 0.25) is 0 Å². The minimum absolute atomic E-state index is 0.486. The topological polar surface area (TPSA) is 66.5 Å². The first-order chi connectivity index (χ1) is 8.84. The maximum Gasteiger partial charge on any atom is 0.158 e. The van der Waals surface area contributed by atoms with Gasteiger partial charge in [-0.1, -0.05) is 0 Å². The van der Waals surface area contributed by atoms with Crippen LogP contribution in [0.25, 0.3) is 11.5 Å². The predicted molar refractivity (Wildman–Crippen MR) is 69.2 cm³/mol. The molecule has 2 aromatic heterocycles. The summed E-state index contributed by atoms with van der Waals surface area (Å²) in [5.74, 6) is 1.31. The second-order valence-electron chi connectivity index (χ2n) is 4.73. The van der Waals surface area contributed by atoms with Crippen LogP contribution >= 0.6 is 0 Å². The highest BCUT2D eigenvalue weighted by atomic mass is 15.0. The number of aromatic amines is 1. The van der Waals surface area contributed by atoms with Gasteiger partial charge in [-0.05, 0) is 32.9 Å². The lowest BCUT2D eigenvalue weighted by molar-refractivity contribution is 0.453. The molecule has 2 N–H and O–H groups in total. The van der Waals surface area contributed by atoms with E-state index in [0.717, 1.165) is 48.8 Å². The Morgan fingerprint density at radius 3 is 2.61 bits per heavy atom. The van der Waals surface area contributed by atoms with Crippen LogP contribution in [0.4, 0.5) is 0 Å². The molecule has 1 aliphatic rings. The van der Waals surface area contributed by atoms with Crippen molar-refractivity contribution in [2.45, 2.75) is 25.7 Å². The minimum Gasteiger partial charge on any atom is -0.341 e. The summed E-state index contributed by atoms with van der Waals surface area (Å²) in [7, 11) is 0. The molecular formula is C13H17N5. The Kier molecular flexibility index (Phi) is 3.06. The highest BCUT2D eigenvalue weighted by molar-refractivity contribution is 5.53. The summed E-state index contributed by atoms with van der Waals surface area (Å²) in [6.07, 6.45) is 7.57. The molecule has 0 aromatic carbocycles. The van der Waals surface area contributed by atoms with Gasteiger partial charge in [-0.15, -0.1) is 0 Å². The number of hydrogen-bond donors (Lipinski definition) is 2. The number of rotatable bonds is 2. The zero-order chi connectivity index (χ0) is 12.4. The lowest BCUT2D eigenvalue weighted by Crippen LogP contribution is -2.27. The first-order valence-electron chi connectivity index (χ1n) is 6.38. The van der Waals surface area contributed by atoms with Gasteiger partial charge in [0, 0.05) is 30.2 Å². The monoisotopic (exact) mass is 243 g/mol. The van der Waals surface area contributed by atoms with Crippen LogP contribution in [0.2, 0.25) is 0 Å². The maximum absolute atomic E-state index is 4.54. The Morgan fingerprint density at radius 2 is 1.89 bits per heavy atom. The third-order valence-electron chi connectivity index (χ3n) is 3.38. The molecule has 0 atom stereocenters. The van der Waals surface area contributed by atoms with Crippen molar-refractivity contribution < 1.29 is 0 Å². The number of H-pyrrole nitrogens is 1. The van der Waals surface area contributed by atoms with Gasteiger partial charge in [-0.2, -0.15) is 0 Å². The fraction of sp³-hybridized carbons (Fsp3) is 0.462. The van der Waals surface area contributed by atoms with Crippen molar-refractivity contribution in [2.75, 3.05) is 13.1 Å². The number of nitrogens with zero attached hydrogens (tertiary/aromatic N) is 3. The molecule has 0 saturated carbocycles. The van der Waals surface area contributed by atoms with E-state index < -0.39 is 0 Å². The van der Waals surface area contributed by atoms with Crippen molar-refractivity contribution in [1.29, 1.82) is 0 Å². The molecule has 2 aromatic rings. The van der Waals surface area contributed by atoms with E-state index in [4.69, 9.17) is 0 Å². The van der Waals surface area contributed by atoms with Crippen LogP contribution < -0.4 is 5.32 Å². The smallest absolute Gasteiger partial charge is 0.158 e. The first kappa shape index (κ1) is 11.3. The van der Waals surface area contributed by atoms with Crippen LogP contribution in [0.5, 0.6) is 0 Å². The summed E-state index contributed by atoms with van der Waals surface area (Å²) >= 11 is 0. The molecule has 1 fully saturated rings. The molecule has 0 spiro atoms. The van der Waals surface area contributed by atoms with Gasteiger partial charge < -0.3 is 10.3 Å². The average Bonchev–Trinajstić information content (AvgIpc) is 2.86. The van der Waals surface area contributed by atoms with Crippen LogP contribution in [0, 0.1) is 6.92 Å². The maximum atomic E-state index is 4.54. The summed E-state index contributed by atoms with van der Waals surface area (Å²) in [6.45, 7) is 4.10. The molecule has 0 aliphatic carbocycles. The van der Waals surface area contributed by atoms with E-state index in [9.17, 15) is 0 Å². The first-order valence-corrected chi connectivity index (χ1v) is 6.38. The second-order valence-corrected chi connectivity index (χ2v) is 4.73. The molecule has 1 aliphatic heterocycles. The summed E-state index contributed by atoms with van der Waals surface area (Å²) in [6, 6.07) is 0. The van der Waals surface area contributed by atoms with Gasteiger partial charge in [-0.3, -0.25) is 4.98 Å². The number of hydrogen-bond acceptors (Lipinski definition) is 4. The zero-order valence-electron chi connectivity index (χ0n) is 10.5. The molecule has 3 heterocycles. The Bertz CT molecular complexity index is 528. The molecule has 5 heteroatoms. The highest BCUT2D eigenvalue weighted by Crippen LogP contribution is 2.29.